The van der Waals surface area contributed by atoms with Gasteiger partial charge in [-0.15, -0.1) is 0 Å². The highest BCUT2D eigenvalue weighted by atomic mass is 32.2. The van der Waals surface area contributed by atoms with E-state index in [1.165, 1.54) is 18.9 Å². The van der Waals surface area contributed by atoms with Crippen LogP contribution in [0.15, 0.2) is 5.03 Å². The molecule has 98 valence electrons. The van der Waals surface area contributed by atoms with Gasteiger partial charge in [0.05, 0.1) is 12.9 Å². The Kier molecular flexibility index (Phi) is 4.06. The lowest BCUT2D eigenvalue weighted by Crippen LogP contribution is -2.07. The molecule has 0 spiro atoms. The molecule has 0 aromatic carbocycles. The quantitative estimate of drug-likeness (QED) is 0.500. The molecule has 0 bridgehead atoms. The molecular formula is C12H17N3O2S. The van der Waals surface area contributed by atoms with Crippen LogP contribution in [0.5, 0.6) is 0 Å². The van der Waals surface area contributed by atoms with E-state index in [4.69, 9.17) is 0 Å². The zero-order valence-electron chi connectivity index (χ0n) is 10.8. The zero-order chi connectivity index (χ0) is 13.1. The van der Waals surface area contributed by atoms with Crippen LogP contribution in [0.4, 0.5) is 5.82 Å². The third-order valence-electron chi connectivity index (χ3n) is 2.85. The van der Waals surface area contributed by atoms with Crippen LogP contribution in [0, 0.1) is 6.92 Å². The second-order valence-electron chi connectivity index (χ2n) is 4.25. The van der Waals surface area contributed by atoms with Crippen LogP contribution in [0.3, 0.4) is 0 Å². The summed E-state index contributed by atoms with van der Waals surface area (Å²) in [6.45, 7) is 1.96. The van der Waals surface area contributed by atoms with Crippen molar-refractivity contribution in [3.8, 4) is 0 Å². The second-order valence-corrected chi connectivity index (χ2v) is 5.21. The van der Waals surface area contributed by atoms with Gasteiger partial charge in [0, 0.05) is 18.5 Å². The minimum absolute atomic E-state index is 0.239. The molecule has 0 amide bonds. The average molecular weight is 267 g/mol. The number of nitrogens with zero attached hydrogens (tertiary/aromatic N) is 2. The van der Waals surface area contributed by atoms with Crippen LogP contribution in [-0.4, -0.2) is 35.8 Å². The molecule has 1 aliphatic rings. The maximum Gasteiger partial charge on any atom is 0.316 e. The number of aromatic nitrogens is 2. The highest BCUT2D eigenvalue weighted by molar-refractivity contribution is 7.99. The number of carbonyl (C=O) groups excluding carboxylic acids is 1. The van der Waals surface area contributed by atoms with E-state index in [1.54, 1.807) is 0 Å². The van der Waals surface area contributed by atoms with E-state index in [0.29, 0.717) is 5.92 Å². The first-order valence-electron chi connectivity index (χ1n) is 5.91. The Balaban J connectivity index is 2.21. The topological polar surface area (TPSA) is 64.1 Å². The molecule has 5 nitrogen and oxygen atoms in total. The van der Waals surface area contributed by atoms with Gasteiger partial charge in [0.25, 0.3) is 0 Å². The van der Waals surface area contributed by atoms with Gasteiger partial charge in [-0.05, 0) is 19.8 Å². The standard InChI is InChI=1S/C12H17N3O2S/c1-7-10(13-2)14-11(8-4-5-8)15-12(7)18-6-9(16)17-3/h8H,4-6H2,1-3H3,(H,13,14,15). The smallest absolute Gasteiger partial charge is 0.316 e. The Labute approximate surface area is 111 Å². The first kappa shape index (κ1) is 13.1. The summed E-state index contributed by atoms with van der Waals surface area (Å²) in [4.78, 5) is 20.2. The van der Waals surface area contributed by atoms with Crippen LogP contribution in [0.2, 0.25) is 0 Å². The summed E-state index contributed by atoms with van der Waals surface area (Å²) in [6, 6.07) is 0. The number of hydrogen-bond donors (Lipinski definition) is 1. The van der Waals surface area contributed by atoms with E-state index in [-0.39, 0.29) is 11.7 Å². The van der Waals surface area contributed by atoms with E-state index >= 15 is 0 Å². The molecule has 0 unspecified atom stereocenters. The third kappa shape index (κ3) is 2.93. The summed E-state index contributed by atoms with van der Waals surface area (Å²) < 4.78 is 4.64. The SMILES string of the molecule is CNc1nc(C2CC2)nc(SCC(=O)OC)c1C. The first-order valence-corrected chi connectivity index (χ1v) is 6.90. The molecule has 1 fully saturated rings. The predicted octanol–water partition coefficient (Wildman–Crippen LogP) is 1.97. The van der Waals surface area contributed by atoms with Crippen LogP contribution >= 0.6 is 11.8 Å². The van der Waals surface area contributed by atoms with Crippen molar-refractivity contribution < 1.29 is 9.53 Å². The molecule has 18 heavy (non-hydrogen) atoms. The number of esters is 1. The van der Waals surface area contributed by atoms with Crippen LogP contribution in [0.1, 0.15) is 30.1 Å². The van der Waals surface area contributed by atoms with Crippen LogP contribution in [0.25, 0.3) is 0 Å². The number of nitrogens with one attached hydrogen (secondary N) is 1. The van der Waals surface area contributed by atoms with Crippen molar-refractivity contribution in [2.45, 2.75) is 30.7 Å². The van der Waals surface area contributed by atoms with Crippen LogP contribution in [-0.2, 0) is 9.53 Å². The third-order valence-corrected chi connectivity index (χ3v) is 3.90. The van der Waals surface area contributed by atoms with Gasteiger partial charge in [-0.25, -0.2) is 9.97 Å². The van der Waals surface area contributed by atoms with Gasteiger partial charge in [0.1, 0.15) is 16.7 Å². The fraction of sp³-hybridized carbons (Fsp3) is 0.583. The summed E-state index contributed by atoms with van der Waals surface area (Å²) >= 11 is 1.40. The fourth-order valence-corrected chi connectivity index (χ4v) is 2.45. The molecule has 2 rings (SSSR count). The number of anilines is 1. The van der Waals surface area contributed by atoms with Gasteiger partial charge in [0.15, 0.2) is 0 Å². The lowest BCUT2D eigenvalue weighted by molar-refractivity contribution is -0.137. The molecular weight excluding hydrogens is 250 g/mol. The van der Waals surface area contributed by atoms with Crippen molar-refractivity contribution in [3.05, 3.63) is 11.4 Å². The molecule has 1 N–H and O–H groups in total. The molecule has 0 saturated heterocycles. The number of methoxy groups -OCH3 is 1. The number of rotatable bonds is 5. The first-order chi connectivity index (χ1) is 8.65. The maximum absolute atomic E-state index is 11.2. The van der Waals surface area contributed by atoms with Gasteiger partial charge < -0.3 is 10.1 Å². The van der Waals surface area contributed by atoms with E-state index < -0.39 is 0 Å². The lowest BCUT2D eigenvalue weighted by Gasteiger charge is -2.11. The highest BCUT2D eigenvalue weighted by Gasteiger charge is 2.28. The molecule has 1 saturated carbocycles. The van der Waals surface area contributed by atoms with Crippen molar-refractivity contribution in [1.29, 1.82) is 0 Å². The zero-order valence-corrected chi connectivity index (χ0v) is 11.6. The average Bonchev–Trinajstić information content (AvgIpc) is 3.21. The Morgan fingerprint density at radius 3 is 2.78 bits per heavy atom. The highest BCUT2D eigenvalue weighted by Crippen LogP contribution is 2.39. The van der Waals surface area contributed by atoms with Crippen molar-refractivity contribution >= 4 is 23.5 Å². The van der Waals surface area contributed by atoms with Gasteiger partial charge in [0.2, 0.25) is 0 Å². The minimum Gasteiger partial charge on any atom is -0.468 e. The monoisotopic (exact) mass is 267 g/mol. The van der Waals surface area contributed by atoms with E-state index in [1.807, 2.05) is 14.0 Å². The van der Waals surface area contributed by atoms with E-state index in [0.717, 1.165) is 35.1 Å². The normalized spacial score (nSPS) is 14.4. The Bertz CT molecular complexity index is 461. The molecule has 1 heterocycles. The number of carbonyl (C=O) groups is 1. The van der Waals surface area contributed by atoms with Gasteiger partial charge >= 0.3 is 5.97 Å². The molecule has 1 aromatic rings. The summed E-state index contributed by atoms with van der Waals surface area (Å²) in [5.41, 5.74) is 0.982. The van der Waals surface area contributed by atoms with Crippen molar-refractivity contribution in [3.63, 3.8) is 0 Å². The van der Waals surface area contributed by atoms with Gasteiger partial charge in [-0.3, -0.25) is 4.79 Å². The van der Waals surface area contributed by atoms with E-state index in [9.17, 15) is 4.79 Å². The second kappa shape index (κ2) is 5.56. The fourth-order valence-electron chi connectivity index (χ4n) is 1.61. The Morgan fingerprint density at radius 2 is 2.22 bits per heavy atom. The Hall–Kier alpha value is -1.30. The van der Waals surface area contributed by atoms with Crippen LogP contribution < -0.4 is 5.32 Å². The Morgan fingerprint density at radius 1 is 1.50 bits per heavy atom. The van der Waals surface area contributed by atoms with Crippen molar-refractivity contribution in [2.24, 2.45) is 0 Å². The predicted molar refractivity (Wildman–Crippen MR) is 71.0 cm³/mol. The lowest BCUT2D eigenvalue weighted by atomic mass is 10.3. The van der Waals surface area contributed by atoms with Gasteiger partial charge in [-0.1, -0.05) is 11.8 Å². The summed E-state index contributed by atoms with van der Waals surface area (Å²) in [5.74, 6) is 2.27. The van der Waals surface area contributed by atoms with E-state index in [2.05, 4.69) is 20.0 Å². The van der Waals surface area contributed by atoms with Gasteiger partial charge in [-0.2, -0.15) is 0 Å². The van der Waals surface area contributed by atoms with Crippen molar-refractivity contribution in [1.82, 2.24) is 9.97 Å². The summed E-state index contributed by atoms with van der Waals surface area (Å²) in [6.07, 6.45) is 2.32. The number of hydrogen-bond acceptors (Lipinski definition) is 6. The largest absolute Gasteiger partial charge is 0.468 e. The minimum atomic E-state index is -0.239. The molecule has 1 aliphatic carbocycles. The molecule has 1 aromatic heterocycles. The molecule has 6 heteroatoms. The molecule has 0 atom stereocenters. The molecule has 0 radical (unpaired) electrons. The van der Waals surface area contributed by atoms with Crippen molar-refractivity contribution in [2.75, 3.05) is 25.2 Å². The number of ether oxygens (including phenoxy) is 1. The maximum atomic E-state index is 11.2. The summed E-state index contributed by atoms with van der Waals surface area (Å²) in [5, 5.41) is 3.94. The number of thioether (sulfide) groups is 1. The summed E-state index contributed by atoms with van der Waals surface area (Å²) in [7, 11) is 3.24. The molecule has 0 aliphatic heterocycles.